The largest absolute Gasteiger partial charge is 0.459 e. The molecule has 7 nitrogen and oxygen atoms in total. The Labute approximate surface area is 192 Å². The molecule has 0 amide bonds. The van der Waals surface area contributed by atoms with Crippen molar-refractivity contribution in [2.75, 3.05) is 18.0 Å². The number of benzene rings is 1. The summed E-state index contributed by atoms with van der Waals surface area (Å²) in [6, 6.07) is 13.4. The van der Waals surface area contributed by atoms with Crippen molar-refractivity contribution in [3.05, 3.63) is 63.8 Å². The number of piperidine rings is 1. The first-order chi connectivity index (χ1) is 15.7. The molecule has 0 N–H and O–H groups in total. The molecule has 9 heteroatoms. The van der Waals surface area contributed by atoms with Crippen LogP contribution in [0.5, 0.6) is 0 Å². The fourth-order valence-electron chi connectivity index (χ4n) is 3.76. The van der Waals surface area contributed by atoms with E-state index >= 15 is 0 Å². The summed E-state index contributed by atoms with van der Waals surface area (Å²) >= 11 is 3.06. The molecular formula is C23H22N4O3S2. The Bertz CT molecular complexity index is 1280. The Kier molecular flexibility index (Phi) is 6.00. The van der Waals surface area contributed by atoms with E-state index in [1.54, 1.807) is 11.3 Å². The Morgan fingerprint density at radius 3 is 2.62 bits per heavy atom. The average molecular weight is 467 g/mol. The van der Waals surface area contributed by atoms with Gasteiger partial charge < -0.3 is 9.64 Å². The number of ether oxygens (including phenoxy) is 1. The summed E-state index contributed by atoms with van der Waals surface area (Å²) in [5.41, 5.74) is 1.58. The van der Waals surface area contributed by atoms with E-state index in [1.807, 2.05) is 47.8 Å². The van der Waals surface area contributed by atoms with Crippen LogP contribution in [0.3, 0.4) is 0 Å². The lowest BCUT2D eigenvalue weighted by Crippen LogP contribution is -2.30. The molecule has 4 aromatic rings. The molecular weight excluding hydrogens is 444 g/mol. The molecule has 0 radical (unpaired) electrons. The molecule has 0 bridgehead atoms. The molecule has 0 spiro atoms. The van der Waals surface area contributed by atoms with Gasteiger partial charge in [0.1, 0.15) is 18.8 Å². The van der Waals surface area contributed by atoms with Gasteiger partial charge in [0, 0.05) is 13.1 Å². The van der Waals surface area contributed by atoms with Crippen molar-refractivity contribution in [2.24, 2.45) is 0 Å². The van der Waals surface area contributed by atoms with Crippen molar-refractivity contribution >= 4 is 44.0 Å². The normalized spacial score (nSPS) is 14.1. The van der Waals surface area contributed by atoms with E-state index < -0.39 is 5.97 Å². The topological polar surface area (TPSA) is 77.3 Å². The zero-order valence-corrected chi connectivity index (χ0v) is 19.0. The molecule has 1 fully saturated rings. The zero-order valence-electron chi connectivity index (χ0n) is 17.4. The molecule has 32 heavy (non-hydrogen) atoms. The minimum Gasteiger partial charge on any atom is -0.459 e. The van der Waals surface area contributed by atoms with E-state index in [0.29, 0.717) is 11.2 Å². The molecule has 164 valence electrons. The van der Waals surface area contributed by atoms with Crippen LogP contribution in [-0.2, 0) is 22.7 Å². The number of fused-ring (bicyclic) bond motifs is 1. The smallest absolute Gasteiger partial charge is 0.328 e. The Morgan fingerprint density at radius 1 is 1.06 bits per heavy atom. The molecule has 4 heterocycles. The summed E-state index contributed by atoms with van der Waals surface area (Å²) in [5.74, 6) is -0.508. The van der Waals surface area contributed by atoms with E-state index in [-0.39, 0.29) is 18.7 Å². The first-order valence-electron chi connectivity index (χ1n) is 10.6. The second-order valence-corrected chi connectivity index (χ2v) is 9.58. The second kappa shape index (κ2) is 9.22. The highest BCUT2D eigenvalue weighted by atomic mass is 32.1. The molecule has 0 saturated carbocycles. The van der Waals surface area contributed by atoms with Crippen LogP contribution in [-0.4, -0.2) is 33.8 Å². The lowest BCUT2D eigenvalue weighted by molar-refractivity contribution is -0.146. The Hall–Kier alpha value is -3.04. The number of thiazole rings is 1. The summed E-state index contributed by atoms with van der Waals surface area (Å²) in [5, 5.41) is 7.38. The van der Waals surface area contributed by atoms with Crippen LogP contribution in [0.25, 0.3) is 20.8 Å². The number of rotatable bonds is 6. The number of nitrogens with zero attached hydrogens (tertiary/aromatic N) is 4. The van der Waals surface area contributed by atoms with Gasteiger partial charge >= 0.3 is 5.97 Å². The highest BCUT2D eigenvalue weighted by Crippen LogP contribution is 2.36. The number of thiophene rings is 1. The van der Waals surface area contributed by atoms with Crippen LogP contribution in [0, 0.1) is 0 Å². The number of carbonyl (C=O) groups is 1. The van der Waals surface area contributed by atoms with Crippen LogP contribution >= 0.6 is 22.7 Å². The van der Waals surface area contributed by atoms with Gasteiger partial charge in [0.25, 0.3) is 5.56 Å². The van der Waals surface area contributed by atoms with Crippen LogP contribution in [0.4, 0.5) is 5.13 Å². The number of hydrogen-bond acceptors (Lipinski definition) is 8. The maximum Gasteiger partial charge on any atom is 0.328 e. The van der Waals surface area contributed by atoms with E-state index in [2.05, 4.69) is 10.00 Å². The Morgan fingerprint density at radius 2 is 1.88 bits per heavy atom. The summed E-state index contributed by atoms with van der Waals surface area (Å²) < 4.78 is 7.32. The molecule has 1 aliphatic heterocycles. The highest BCUT2D eigenvalue weighted by molar-refractivity contribution is 7.23. The van der Waals surface area contributed by atoms with Gasteiger partial charge in [-0.2, -0.15) is 5.10 Å². The van der Waals surface area contributed by atoms with Crippen molar-refractivity contribution in [1.29, 1.82) is 0 Å². The number of hydrogen-bond donors (Lipinski definition) is 0. The van der Waals surface area contributed by atoms with Gasteiger partial charge in [-0.05, 0) is 36.3 Å². The van der Waals surface area contributed by atoms with Gasteiger partial charge in [0.05, 0.1) is 9.58 Å². The summed E-state index contributed by atoms with van der Waals surface area (Å²) in [6.45, 7) is 1.80. The molecule has 1 aliphatic rings. The van der Waals surface area contributed by atoms with Crippen LogP contribution in [0.1, 0.15) is 24.8 Å². The van der Waals surface area contributed by atoms with Crippen molar-refractivity contribution in [2.45, 2.75) is 32.4 Å². The monoisotopic (exact) mass is 466 g/mol. The van der Waals surface area contributed by atoms with E-state index in [0.717, 1.165) is 46.2 Å². The maximum atomic E-state index is 13.2. The fourth-order valence-corrected chi connectivity index (χ4v) is 5.64. The summed E-state index contributed by atoms with van der Waals surface area (Å²) in [7, 11) is 0. The average Bonchev–Trinajstić information content (AvgIpc) is 3.52. The fraction of sp³-hybridized carbons (Fsp3) is 0.304. The summed E-state index contributed by atoms with van der Waals surface area (Å²) in [4.78, 5) is 33.5. The molecule has 0 aliphatic carbocycles. The number of esters is 1. The SMILES string of the molecule is O=C(Cn1nc(-c2cccs2)c2sc(N3CCCCC3)nc2c1=O)OCc1ccccc1. The standard InChI is InChI=1S/C23H22N4O3S2/c28-18(30-15-16-8-3-1-4-9-16)14-27-22(29)20-21(19(25-27)17-10-7-13-31-17)32-23(24-20)26-11-5-2-6-12-26/h1,3-4,7-10,13H,2,5-6,11-12,14-15H2. The molecule has 5 rings (SSSR count). The van der Waals surface area contributed by atoms with Crippen LogP contribution < -0.4 is 10.5 Å². The number of carbonyl (C=O) groups excluding carboxylic acids is 1. The minimum atomic E-state index is -0.508. The maximum absolute atomic E-state index is 13.2. The lowest BCUT2D eigenvalue weighted by Gasteiger charge is -2.25. The third-order valence-corrected chi connectivity index (χ3v) is 7.39. The minimum absolute atomic E-state index is 0.157. The second-order valence-electron chi connectivity index (χ2n) is 7.66. The predicted octanol–water partition coefficient (Wildman–Crippen LogP) is 4.32. The third-order valence-electron chi connectivity index (χ3n) is 5.39. The number of aromatic nitrogens is 3. The van der Waals surface area contributed by atoms with Gasteiger partial charge in [0.15, 0.2) is 10.6 Å². The summed E-state index contributed by atoms with van der Waals surface area (Å²) in [6.07, 6.45) is 3.48. The van der Waals surface area contributed by atoms with Crippen molar-refractivity contribution < 1.29 is 9.53 Å². The van der Waals surface area contributed by atoms with Crippen LogP contribution in [0.15, 0.2) is 52.6 Å². The predicted molar refractivity (Wildman–Crippen MR) is 127 cm³/mol. The van der Waals surface area contributed by atoms with E-state index in [4.69, 9.17) is 9.72 Å². The van der Waals surface area contributed by atoms with Gasteiger partial charge in [-0.15, -0.1) is 11.3 Å². The number of anilines is 1. The van der Waals surface area contributed by atoms with Crippen LogP contribution in [0.2, 0.25) is 0 Å². The van der Waals surface area contributed by atoms with Gasteiger partial charge in [0.2, 0.25) is 0 Å². The first-order valence-corrected chi connectivity index (χ1v) is 12.3. The van der Waals surface area contributed by atoms with Gasteiger partial charge in [-0.25, -0.2) is 9.67 Å². The van der Waals surface area contributed by atoms with E-state index in [9.17, 15) is 9.59 Å². The Balaban J connectivity index is 1.47. The van der Waals surface area contributed by atoms with Crippen molar-refractivity contribution in [3.8, 4) is 10.6 Å². The molecule has 1 aromatic carbocycles. The van der Waals surface area contributed by atoms with Crippen molar-refractivity contribution in [1.82, 2.24) is 14.8 Å². The zero-order chi connectivity index (χ0) is 21.9. The van der Waals surface area contributed by atoms with Gasteiger partial charge in [-0.1, -0.05) is 47.7 Å². The van der Waals surface area contributed by atoms with Crippen molar-refractivity contribution in [3.63, 3.8) is 0 Å². The third kappa shape index (κ3) is 4.31. The highest BCUT2D eigenvalue weighted by Gasteiger charge is 2.22. The molecule has 1 saturated heterocycles. The van der Waals surface area contributed by atoms with Gasteiger partial charge in [-0.3, -0.25) is 9.59 Å². The quantitative estimate of drug-likeness (QED) is 0.394. The lowest BCUT2D eigenvalue weighted by atomic mass is 10.1. The molecule has 0 atom stereocenters. The first kappa shape index (κ1) is 20.8. The molecule has 0 unspecified atom stereocenters. The van der Waals surface area contributed by atoms with E-state index in [1.165, 1.54) is 22.4 Å². The molecule has 3 aromatic heterocycles.